The van der Waals surface area contributed by atoms with Crippen LogP contribution in [0.3, 0.4) is 0 Å². The first kappa shape index (κ1) is 27.4. The minimum atomic E-state index is -0.739. The van der Waals surface area contributed by atoms with Crippen LogP contribution in [0.15, 0.2) is 65.7 Å². The van der Waals surface area contributed by atoms with Gasteiger partial charge < -0.3 is 19.4 Å². The second-order valence-electron chi connectivity index (χ2n) is 9.53. The summed E-state index contributed by atoms with van der Waals surface area (Å²) in [5.41, 5.74) is 2.68. The molecule has 2 aromatic carbocycles. The lowest BCUT2D eigenvalue weighted by molar-refractivity contribution is 0.102. The van der Waals surface area contributed by atoms with Crippen LogP contribution >= 0.6 is 0 Å². The molecule has 0 radical (unpaired) electrons. The predicted octanol–water partition coefficient (Wildman–Crippen LogP) is 6.25. The van der Waals surface area contributed by atoms with E-state index in [4.69, 9.17) is 9.47 Å². The Labute approximate surface area is 234 Å². The Kier molecular flexibility index (Phi) is 7.23. The van der Waals surface area contributed by atoms with Crippen LogP contribution in [0.2, 0.25) is 0 Å². The Hall–Kier alpha value is -5.12. The second kappa shape index (κ2) is 10.8. The monoisotopic (exact) mass is 556 g/mol. The number of anilines is 1. The van der Waals surface area contributed by atoms with Crippen LogP contribution in [-0.2, 0) is 7.05 Å². The summed E-state index contributed by atoms with van der Waals surface area (Å²) in [6, 6.07) is 11.6. The van der Waals surface area contributed by atoms with Crippen molar-refractivity contribution in [2.24, 2.45) is 7.05 Å². The number of carbonyl (C=O) groups is 1. The molecule has 41 heavy (non-hydrogen) atoms. The van der Waals surface area contributed by atoms with Gasteiger partial charge >= 0.3 is 0 Å². The minimum absolute atomic E-state index is 0.0930. The van der Waals surface area contributed by atoms with E-state index in [0.29, 0.717) is 39.3 Å². The molecule has 8 nitrogen and oxygen atoms in total. The van der Waals surface area contributed by atoms with Gasteiger partial charge in [-0.2, -0.15) is 0 Å². The molecular formula is C31H26F2N4O4. The Morgan fingerprint density at radius 2 is 1.71 bits per heavy atom. The number of hydrogen-bond donors (Lipinski definition) is 1. The van der Waals surface area contributed by atoms with E-state index in [-0.39, 0.29) is 28.3 Å². The SMILES string of the molecule is COc1cnc2c(Oc3ccc(NC(=O)c4c(C)n(C)c(C)c(-c5ccc(F)c(C)c5)c4=O)cc3F)ccnc2c1. The van der Waals surface area contributed by atoms with E-state index in [1.54, 1.807) is 50.6 Å². The molecule has 1 N–H and O–H groups in total. The first-order chi connectivity index (χ1) is 19.6. The summed E-state index contributed by atoms with van der Waals surface area (Å²) in [5, 5.41) is 2.62. The fourth-order valence-electron chi connectivity index (χ4n) is 4.60. The van der Waals surface area contributed by atoms with Crippen LogP contribution in [0, 0.1) is 32.4 Å². The van der Waals surface area contributed by atoms with Gasteiger partial charge in [0.15, 0.2) is 17.3 Å². The molecule has 5 aromatic rings. The first-order valence-corrected chi connectivity index (χ1v) is 12.6. The fourth-order valence-corrected chi connectivity index (χ4v) is 4.60. The topological polar surface area (TPSA) is 95.3 Å². The van der Waals surface area contributed by atoms with E-state index in [2.05, 4.69) is 15.3 Å². The first-order valence-electron chi connectivity index (χ1n) is 12.6. The van der Waals surface area contributed by atoms with Crippen molar-refractivity contribution < 1.29 is 23.0 Å². The van der Waals surface area contributed by atoms with E-state index in [0.717, 1.165) is 6.07 Å². The molecule has 0 saturated carbocycles. The quantitative estimate of drug-likeness (QED) is 0.266. The third-order valence-corrected chi connectivity index (χ3v) is 7.02. The Balaban J connectivity index is 1.45. The maximum Gasteiger partial charge on any atom is 0.261 e. The maximum absolute atomic E-state index is 15.1. The van der Waals surface area contributed by atoms with E-state index in [9.17, 15) is 14.0 Å². The lowest BCUT2D eigenvalue weighted by Crippen LogP contribution is -2.28. The number of carbonyl (C=O) groups excluding carboxylic acids is 1. The molecule has 3 heterocycles. The average molecular weight is 557 g/mol. The van der Waals surface area contributed by atoms with Crippen LogP contribution in [0.1, 0.15) is 27.3 Å². The second-order valence-corrected chi connectivity index (χ2v) is 9.53. The number of benzene rings is 2. The number of fused-ring (bicyclic) bond motifs is 1. The third-order valence-electron chi connectivity index (χ3n) is 7.02. The number of ether oxygens (including phenoxy) is 2. The van der Waals surface area contributed by atoms with Crippen molar-refractivity contribution in [3.05, 3.63) is 105 Å². The normalized spacial score (nSPS) is 11.0. The van der Waals surface area contributed by atoms with Gasteiger partial charge in [-0.25, -0.2) is 13.8 Å². The molecule has 0 aliphatic rings. The molecule has 1 amide bonds. The summed E-state index contributed by atoms with van der Waals surface area (Å²) in [6.45, 7) is 5.02. The summed E-state index contributed by atoms with van der Waals surface area (Å²) in [6.07, 6.45) is 3.02. The minimum Gasteiger partial charge on any atom is -0.495 e. The molecule has 0 atom stereocenters. The molecule has 0 aliphatic heterocycles. The van der Waals surface area contributed by atoms with Gasteiger partial charge in [-0.3, -0.25) is 14.6 Å². The van der Waals surface area contributed by atoms with Gasteiger partial charge in [0.05, 0.1) is 18.8 Å². The molecule has 0 fully saturated rings. The lowest BCUT2D eigenvalue weighted by Gasteiger charge is -2.18. The average Bonchev–Trinajstić information content (AvgIpc) is 2.95. The van der Waals surface area contributed by atoms with Crippen LogP contribution < -0.4 is 20.2 Å². The Bertz CT molecular complexity index is 1900. The van der Waals surface area contributed by atoms with Crippen molar-refractivity contribution in [3.63, 3.8) is 0 Å². The Morgan fingerprint density at radius 3 is 2.41 bits per heavy atom. The number of pyridine rings is 3. The van der Waals surface area contributed by atoms with Gasteiger partial charge in [0.1, 0.15) is 22.6 Å². The van der Waals surface area contributed by atoms with Crippen molar-refractivity contribution >= 4 is 22.6 Å². The summed E-state index contributed by atoms with van der Waals surface area (Å²) in [5.74, 6) is -1.12. The van der Waals surface area contributed by atoms with Crippen molar-refractivity contribution in [2.75, 3.05) is 12.4 Å². The number of nitrogens with one attached hydrogen (secondary N) is 1. The molecule has 0 bridgehead atoms. The van der Waals surface area contributed by atoms with Crippen molar-refractivity contribution in [2.45, 2.75) is 20.8 Å². The van der Waals surface area contributed by atoms with Crippen LogP contribution in [0.25, 0.3) is 22.2 Å². The summed E-state index contributed by atoms with van der Waals surface area (Å²) in [7, 11) is 3.25. The maximum atomic E-state index is 15.1. The molecule has 5 rings (SSSR count). The third kappa shape index (κ3) is 5.11. The molecule has 10 heteroatoms. The number of rotatable bonds is 6. The summed E-state index contributed by atoms with van der Waals surface area (Å²) in [4.78, 5) is 35.5. The molecule has 0 aliphatic carbocycles. The van der Waals surface area contributed by atoms with Gasteiger partial charge in [0.25, 0.3) is 5.91 Å². The highest BCUT2D eigenvalue weighted by molar-refractivity contribution is 6.05. The zero-order valence-corrected chi connectivity index (χ0v) is 23.0. The molecular weight excluding hydrogens is 530 g/mol. The van der Waals surface area contributed by atoms with Crippen molar-refractivity contribution in [1.29, 1.82) is 0 Å². The van der Waals surface area contributed by atoms with Crippen molar-refractivity contribution in [3.8, 4) is 28.4 Å². The van der Waals surface area contributed by atoms with Gasteiger partial charge in [0, 0.05) is 54.1 Å². The van der Waals surface area contributed by atoms with Gasteiger partial charge in [-0.1, -0.05) is 6.07 Å². The summed E-state index contributed by atoms with van der Waals surface area (Å²) >= 11 is 0. The smallest absolute Gasteiger partial charge is 0.261 e. The van der Waals surface area contributed by atoms with E-state index >= 15 is 4.39 Å². The van der Waals surface area contributed by atoms with Crippen LogP contribution in [0.5, 0.6) is 17.2 Å². The molecule has 208 valence electrons. The number of methoxy groups -OCH3 is 1. The summed E-state index contributed by atoms with van der Waals surface area (Å²) < 4.78 is 41.7. The Morgan fingerprint density at radius 1 is 0.927 bits per heavy atom. The number of hydrogen-bond acceptors (Lipinski definition) is 6. The van der Waals surface area contributed by atoms with Crippen LogP contribution in [-0.4, -0.2) is 27.6 Å². The molecule has 3 aromatic heterocycles. The standard InChI is InChI=1S/C31H26F2N4O4/c1-16-12-19(6-8-22(16)32)27-17(2)37(4)18(3)28(30(27)38)31(39)36-20-7-9-25(23(33)13-20)41-26-10-11-34-24-14-21(40-5)15-35-29(24)26/h6-15H,1-5H3,(H,36,39). The number of aryl methyl sites for hydroxylation is 1. The number of nitrogens with zero attached hydrogens (tertiary/aromatic N) is 3. The number of aromatic nitrogens is 3. The molecule has 0 spiro atoms. The fraction of sp³-hybridized carbons (Fsp3) is 0.161. The zero-order valence-electron chi connectivity index (χ0n) is 23.0. The van der Waals surface area contributed by atoms with Gasteiger partial charge in [0.2, 0.25) is 5.43 Å². The highest BCUT2D eigenvalue weighted by Crippen LogP contribution is 2.32. The highest BCUT2D eigenvalue weighted by atomic mass is 19.1. The van der Waals surface area contributed by atoms with Gasteiger partial charge in [-0.15, -0.1) is 0 Å². The largest absolute Gasteiger partial charge is 0.495 e. The lowest BCUT2D eigenvalue weighted by atomic mass is 9.97. The number of amides is 1. The van der Waals surface area contributed by atoms with Gasteiger partial charge in [-0.05, 0) is 56.2 Å². The van der Waals surface area contributed by atoms with E-state index in [1.165, 1.54) is 43.8 Å². The molecule has 0 unspecified atom stereocenters. The van der Waals surface area contributed by atoms with Crippen LogP contribution in [0.4, 0.5) is 14.5 Å². The van der Waals surface area contributed by atoms with Crippen molar-refractivity contribution in [1.82, 2.24) is 14.5 Å². The predicted molar refractivity (Wildman–Crippen MR) is 152 cm³/mol. The molecule has 0 saturated heterocycles. The number of halogens is 2. The van der Waals surface area contributed by atoms with E-state index < -0.39 is 23.0 Å². The van der Waals surface area contributed by atoms with E-state index in [1.807, 2.05) is 0 Å². The highest BCUT2D eigenvalue weighted by Gasteiger charge is 2.23. The zero-order chi connectivity index (χ0) is 29.4.